The summed E-state index contributed by atoms with van der Waals surface area (Å²) in [6, 6.07) is 15.0. The van der Waals surface area contributed by atoms with Gasteiger partial charge in [-0.2, -0.15) is 0 Å². The molecule has 160 valence electrons. The van der Waals surface area contributed by atoms with Crippen LogP contribution in [-0.4, -0.2) is 61.5 Å². The molecule has 0 unspecified atom stereocenters. The number of ether oxygens (including phenoxy) is 2. The second-order valence-corrected chi connectivity index (χ2v) is 7.87. The molecule has 2 amide bonds. The summed E-state index contributed by atoms with van der Waals surface area (Å²) in [5.74, 6) is 1.19. The fourth-order valence-electron chi connectivity index (χ4n) is 3.74. The normalized spacial score (nSPS) is 14.4. The molecule has 1 aliphatic heterocycles. The molecule has 2 aromatic carbocycles. The average Bonchev–Trinajstić information content (AvgIpc) is 2.79. The van der Waals surface area contributed by atoms with Crippen LogP contribution in [0.5, 0.6) is 11.5 Å². The van der Waals surface area contributed by atoms with Crippen LogP contribution in [-0.2, 0) is 10.2 Å². The maximum absolute atomic E-state index is 13.1. The number of amides is 2. The fraction of sp³-hybridized carbons (Fsp3) is 0.417. The highest BCUT2D eigenvalue weighted by Gasteiger charge is 2.35. The number of benzene rings is 2. The van der Waals surface area contributed by atoms with Crippen molar-refractivity contribution in [3.63, 3.8) is 0 Å². The van der Waals surface area contributed by atoms with Crippen LogP contribution in [0.25, 0.3) is 0 Å². The van der Waals surface area contributed by atoms with Gasteiger partial charge < -0.3 is 19.3 Å². The van der Waals surface area contributed by atoms with Crippen LogP contribution >= 0.6 is 0 Å². The molecule has 0 saturated carbocycles. The predicted molar refractivity (Wildman–Crippen MR) is 116 cm³/mol. The highest BCUT2D eigenvalue weighted by atomic mass is 16.5. The SMILES string of the molecule is CCOc1ccc(C(=O)N2CCN(C(=O)C(C)(C)c3ccccc3)CC2)cc1OC. The van der Waals surface area contributed by atoms with E-state index in [0.29, 0.717) is 49.8 Å². The third kappa shape index (κ3) is 4.42. The summed E-state index contributed by atoms with van der Waals surface area (Å²) in [6.45, 7) is 8.39. The number of piperazine rings is 1. The summed E-state index contributed by atoms with van der Waals surface area (Å²) in [4.78, 5) is 29.7. The lowest BCUT2D eigenvalue weighted by Gasteiger charge is -2.38. The van der Waals surface area contributed by atoms with Gasteiger partial charge in [0.05, 0.1) is 19.1 Å². The Balaban J connectivity index is 1.65. The molecule has 1 heterocycles. The minimum absolute atomic E-state index is 0.0641. The lowest BCUT2D eigenvalue weighted by Crippen LogP contribution is -2.54. The van der Waals surface area contributed by atoms with Crippen molar-refractivity contribution in [2.24, 2.45) is 0 Å². The van der Waals surface area contributed by atoms with Gasteiger partial charge in [0.15, 0.2) is 11.5 Å². The lowest BCUT2D eigenvalue weighted by atomic mass is 9.83. The molecular weight excluding hydrogens is 380 g/mol. The van der Waals surface area contributed by atoms with Crippen LogP contribution in [0.1, 0.15) is 36.7 Å². The van der Waals surface area contributed by atoms with Gasteiger partial charge in [0, 0.05) is 31.7 Å². The highest BCUT2D eigenvalue weighted by molar-refractivity contribution is 5.95. The van der Waals surface area contributed by atoms with Gasteiger partial charge in [0.1, 0.15) is 0 Å². The van der Waals surface area contributed by atoms with Crippen LogP contribution in [0.2, 0.25) is 0 Å². The Kier molecular flexibility index (Phi) is 6.65. The topological polar surface area (TPSA) is 59.1 Å². The van der Waals surface area contributed by atoms with Crippen molar-refractivity contribution in [2.75, 3.05) is 39.9 Å². The van der Waals surface area contributed by atoms with Gasteiger partial charge in [-0.3, -0.25) is 9.59 Å². The molecule has 0 radical (unpaired) electrons. The van der Waals surface area contributed by atoms with Crippen molar-refractivity contribution in [1.29, 1.82) is 0 Å². The summed E-state index contributed by atoms with van der Waals surface area (Å²) in [5.41, 5.74) is 0.949. The standard InChI is InChI=1S/C24H30N2O4/c1-5-30-20-12-11-18(17-21(20)29-4)22(27)25-13-15-26(16-14-25)23(28)24(2,3)19-9-7-6-8-10-19/h6-12,17H,5,13-16H2,1-4H3. The van der Waals surface area contributed by atoms with Crippen molar-refractivity contribution >= 4 is 11.8 Å². The molecule has 0 aliphatic carbocycles. The van der Waals surface area contributed by atoms with Gasteiger partial charge in [-0.05, 0) is 44.5 Å². The third-order valence-electron chi connectivity index (χ3n) is 5.59. The molecule has 1 saturated heterocycles. The summed E-state index contributed by atoms with van der Waals surface area (Å²) in [6.07, 6.45) is 0. The summed E-state index contributed by atoms with van der Waals surface area (Å²) in [5, 5.41) is 0. The monoisotopic (exact) mass is 410 g/mol. The number of carbonyl (C=O) groups excluding carboxylic acids is 2. The second-order valence-electron chi connectivity index (χ2n) is 7.87. The van der Waals surface area contributed by atoms with Crippen molar-refractivity contribution in [3.05, 3.63) is 59.7 Å². The van der Waals surface area contributed by atoms with Crippen LogP contribution in [0.15, 0.2) is 48.5 Å². The van der Waals surface area contributed by atoms with Crippen LogP contribution in [0.3, 0.4) is 0 Å². The van der Waals surface area contributed by atoms with Crippen molar-refractivity contribution in [1.82, 2.24) is 9.80 Å². The van der Waals surface area contributed by atoms with Gasteiger partial charge in [0.25, 0.3) is 5.91 Å². The maximum Gasteiger partial charge on any atom is 0.254 e. The Bertz CT molecular complexity index is 887. The molecule has 6 nitrogen and oxygen atoms in total. The van der Waals surface area contributed by atoms with Crippen LogP contribution in [0.4, 0.5) is 0 Å². The zero-order chi connectivity index (χ0) is 21.7. The van der Waals surface area contributed by atoms with Crippen molar-refractivity contribution in [3.8, 4) is 11.5 Å². The van der Waals surface area contributed by atoms with E-state index in [1.54, 1.807) is 30.2 Å². The number of nitrogens with zero attached hydrogens (tertiary/aromatic N) is 2. The highest BCUT2D eigenvalue weighted by Crippen LogP contribution is 2.29. The molecular formula is C24H30N2O4. The molecule has 1 fully saturated rings. The first-order chi connectivity index (χ1) is 14.4. The Labute approximate surface area is 178 Å². The van der Waals surface area contributed by atoms with Crippen molar-refractivity contribution in [2.45, 2.75) is 26.2 Å². The zero-order valence-corrected chi connectivity index (χ0v) is 18.2. The summed E-state index contributed by atoms with van der Waals surface area (Å²) in [7, 11) is 1.56. The molecule has 0 atom stereocenters. The van der Waals surface area contributed by atoms with E-state index in [4.69, 9.17) is 9.47 Å². The first kappa shape index (κ1) is 21.7. The van der Waals surface area contributed by atoms with E-state index in [9.17, 15) is 9.59 Å². The van der Waals surface area contributed by atoms with Gasteiger partial charge >= 0.3 is 0 Å². The van der Waals surface area contributed by atoms with E-state index < -0.39 is 5.41 Å². The van der Waals surface area contributed by atoms with E-state index >= 15 is 0 Å². The number of hydrogen-bond acceptors (Lipinski definition) is 4. The first-order valence-electron chi connectivity index (χ1n) is 10.3. The zero-order valence-electron chi connectivity index (χ0n) is 18.2. The molecule has 3 rings (SSSR count). The summed E-state index contributed by atoms with van der Waals surface area (Å²) >= 11 is 0. The molecule has 0 spiro atoms. The Morgan fingerprint density at radius 1 is 0.933 bits per heavy atom. The van der Waals surface area contributed by atoms with Gasteiger partial charge in [-0.15, -0.1) is 0 Å². The fourth-order valence-corrected chi connectivity index (χ4v) is 3.74. The maximum atomic E-state index is 13.1. The van der Waals surface area contributed by atoms with Crippen molar-refractivity contribution < 1.29 is 19.1 Å². The van der Waals surface area contributed by atoms with E-state index in [2.05, 4.69) is 0 Å². The molecule has 1 aliphatic rings. The minimum Gasteiger partial charge on any atom is -0.493 e. The molecule has 6 heteroatoms. The molecule has 30 heavy (non-hydrogen) atoms. The number of carbonyl (C=O) groups is 2. The van der Waals surface area contributed by atoms with E-state index in [0.717, 1.165) is 5.56 Å². The van der Waals surface area contributed by atoms with Gasteiger partial charge in [0.2, 0.25) is 5.91 Å². The summed E-state index contributed by atoms with van der Waals surface area (Å²) < 4.78 is 10.9. The van der Waals surface area contributed by atoms with Crippen LogP contribution < -0.4 is 9.47 Å². The number of rotatable bonds is 6. The lowest BCUT2D eigenvalue weighted by molar-refractivity contribution is -0.137. The van der Waals surface area contributed by atoms with Gasteiger partial charge in [-0.1, -0.05) is 30.3 Å². The molecule has 0 bridgehead atoms. The first-order valence-corrected chi connectivity index (χ1v) is 10.3. The minimum atomic E-state index is -0.601. The largest absolute Gasteiger partial charge is 0.493 e. The van der Waals surface area contributed by atoms with E-state index in [1.807, 2.05) is 56.0 Å². The average molecular weight is 411 g/mol. The van der Waals surface area contributed by atoms with Crippen LogP contribution in [0, 0.1) is 0 Å². The Morgan fingerprint density at radius 2 is 1.57 bits per heavy atom. The van der Waals surface area contributed by atoms with Gasteiger partial charge in [-0.25, -0.2) is 0 Å². The van der Waals surface area contributed by atoms with E-state index in [-0.39, 0.29) is 11.8 Å². The molecule has 0 N–H and O–H groups in total. The predicted octanol–water partition coefficient (Wildman–Crippen LogP) is 3.36. The Hall–Kier alpha value is -3.02. The smallest absolute Gasteiger partial charge is 0.254 e. The second kappa shape index (κ2) is 9.20. The molecule has 2 aromatic rings. The third-order valence-corrected chi connectivity index (χ3v) is 5.59. The quantitative estimate of drug-likeness (QED) is 0.733. The van der Waals surface area contributed by atoms with E-state index in [1.165, 1.54) is 0 Å². The number of hydrogen-bond donors (Lipinski definition) is 0. The number of methoxy groups -OCH3 is 1. The molecule has 0 aromatic heterocycles. The Morgan fingerprint density at radius 3 is 2.17 bits per heavy atom.